The van der Waals surface area contributed by atoms with Crippen LogP contribution in [0.1, 0.15) is 22.8 Å². The lowest BCUT2D eigenvalue weighted by atomic mass is 10.2. The lowest BCUT2D eigenvalue weighted by molar-refractivity contribution is -0.130. The van der Waals surface area contributed by atoms with Crippen LogP contribution in [0.2, 0.25) is 0 Å². The quantitative estimate of drug-likeness (QED) is 0.690. The van der Waals surface area contributed by atoms with E-state index in [1.165, 1.54) is 11.0 Å². The third-order valence-electron chi connectivity index (χ3n) is 3.85. The number of rotatable bonds is 9. The highest BCUT2D eigenvalue weighted by molar-refractivity contribution is 5.96. The molecule has 0 aliphatic heterocycles. The summed E-state index contributed by atoms with van der Waals surface area (Å²) in [7, 11) is 0. The van der Waals surface area contributed by atoms with Crippen molar-refractivity contribution in [1.29, 1.82) is 0 Å². The second kappa shape index (κ2) is 10.1. The fourth-order valence-corrected chi connectivity index (χ4v) is 2.48. The number of carbonyl (C=O) groups is 2. The zero-order valence-electron chi connectivity index (χ0n) is 15.3. The summed E-state index contributed by atoms with van der Waals surface area (Å²) in [6.07, 6.45) is 1.56. The van der Waals surface area contributed by atoms with Crippen LogP contribution in [0.3, 0.4) is 0 Å². The highest BCUT2D eigenvalue weighted by Crippen LogP contribution is 2.12. The van der Waals surface area contributed by atoms with Crippen molar-refractivity contribution in [3.05, 3.63) is 78.1 Å². The zero-order valence-corrected chi connectivity index (χ0v) is 15.3. The van der Waals surface area contributed by atoms with E-state index in [4.69, 9.17) is 4.74 Å². The summed E-state index contributed by atoms with van der Waals surface area (Å²) in [6, 6.07) is 12.9. The third kappa shape index (κ3) is 5.95. The van der Waals surface area contributed by atoms with E-state index in [0.717, 1.165) is 0 Å². The summed E-state index contributed by atoms with van der Waals surface area (Å²) in [5.41, 5.74) is 0.834. The van der Waals surface area contributed by atoms with Crippen molar-refractivity contribution in [3.8, 4) is 5.75 Å². The Morgan fingerprint density at radius 2 is 1.89 bits per heavy atom. The molecule has 2 aromatic carbocycles. The van der Waals surface area contributed by atoms with E-state index >= 15 is 0 Å². The maximum atomic E-state index is 13.8. The molecule has 0 fully saturated rings. The Kier molecular flexibility index (Phi) is 7.55. The molecular weight excluding hydrogens is 347 g/mol. The summed E-state index contributed by atoms with van der Waals surface area (Å²) in [4.78, 5) is 26.1. The third-order valence-corrected chi connectivity index (χ3v) is 3.85. The first-order chi connectivity index (χ1) is 13.0. The molecule has 27 heavy (non-hydrogen) atoms. The van der Waals surface area contributed by atoms with Gasteiger partial charge in [-0.1, -0.05) is 24.3 Å². The van der Waals surface area contributed by atoms with Crippen molar-refractivity contribution in [3.63, 3.8) is 0 Å². The molecule has 2 rings (SSSR count). The predicted molar refractivity (Wildman–Crippen MR) is 102 cm³/mol. The molecular formula is C21H23FN2O3. The molecule has 0 saturated heterocycles. The Morgan fingerprint density at radius 3 is 2.52 bits per heavy atom. The summed E-state index contributed by atoms with van der Waals surface area (Å²) < 4.78 is 19.2. The molecule has 0 radical (unpaired) electrons. The first-order valence-electron chi connectivity index (χ1n) is 8.68. The largest absolute Gasteiger partial charge is 0.494 e. The number of amides is 2. The van der Waals surface area contributed by atoms with Crippen molar-refractivity contribution < 1.29 is 18.7 Å². The van der Waals surface area contributed by atoms with Gasteiger partial charge in [-0.05, 0) is 37.3 Å². The van der Waals surface area contributed by atoms with Crippen molar-refractivity contribution >= 4 is 11.8 Å². The fourth-order valence-electron chi connectivity index (χ4n) is 2.48. The minimum absolute atomic E-state index is 0.108. The summed E-state index contributed by atoms with van der Waals surface area (Å²) in [6.45, 7) is 6.22. The second-order valence-corrected chi connectivity index (χ2v) is 5.79. The minimum Gasteiger partial charge on any atom is -0.494 e. The van der Waals surface area contributed by atoms with E-state index in [-0.39, 0.29) is 37.3 Å². The Bertz CT molecular complexity index is 790. The van der Waals surface area contributed by atoms with Crippen molar-refractivity contribution in [2.45, 2.75) is 13.5 Å². The molecule has 5 nitrogen and oxygen atoms in total. The number of hydrogen-bond acceptors (Lipinski definition) is 3. The van der Waals surface area contributed by atoms with Gasteiger partial charge in [-0.2, -0.15) is 0 Å². The molecule has 0 heterocycles. The van der Waals surface area contributed by atoms with Crippen LogP contribution in [0.5, 0.6) is 5.75 Å². The average molecular weight is 370 g/mol. The second-order valence-electron chi connectivity index (χ2n) is 5.79. The van der Waals surface area contributed by atoms with Crippen LogP contribution >= 0.6 is 0 Å². The van der Waals surface area contributed by atoms with E-state index < -0.39 is 0 Å². The molecule has 0 unspecified atom stereocenters. The van der Waals surface area contributed by atoms with Crippen LogP contribution in [-0.2, 0) is 11.3 Å². The van der Waals surface area contributed by atoms with Crippen molar-refractivity contribution in [2.24, 2.45) is 0 Å². The Balaban J connectivity index is 1.95. The smallest absolute Gasteiger partial charge is 0.251 e. The molecule has 1 N–H and O–H groups in total. The number of nitrogens with one attached hydrogen (secondary N) is 1. The fraction of sp³-hybridized carbons (Fsp3) is 0.238. The molecule has 0 aromatic heterocycles. The number of nitrogens with zero attached hydrogens (tertiary/aromatic N) is 1. The lowest BCUT2D eigenvalue weighted by Crippen LogP contribution is -2.40. The average Bonchev–Trinajstić information content (AvgIpc) is 2.68. The molecule has 2 amide bonds. The number of carbonyl (C=O) groups excluding carboxylic acids is 2. The SMILES string of the molecule is C=CCN(Cc1ccccc1F)C(=O)CNC(=O)c1ccc(OCC)cc1. The molecule has 0 spiro atoms. The van der Waals surface area contributed by atoms with E-state index in [1.807, 2.05) is 6.92 Å². The van der Waals surface area contributed by atoms with Gasteiger partial charge in [-0.3, -0.25) is 9.59 Å². The van der Waals surface area contributed by atoms with Gasteiger partial charge < -0.3 is 15.0 Å². The highest BCUT2D eigenvalue weighted by atomic mass is 19.1. The van der Waals surface area contributed by atoms with E-state index in [9.17, 15) is 14.0 Å². The summed E-state index contributed by atoms with van der Waals surface area (Å²) >= 11 is 0. The van der Waals surface area contributed by atoms with Gasteiger partial charge in [0.25, 0.3) is 5.91 Å². The molecule has 0 atom stereocenters. The molecule has 0 aliphatic rings. The van der Waals surface area contributed by atoms with Gasteiger partial charge in [0.05, 0.1) is 13.2 Å². The lowest BCUT2D eigenvalue weighted by Gasteiger charge is -2.21. The van der Waals surface area contributed by atoms with E-state index in [1.54, 1.807) is 48.5 Å². The van der Waals surface area contributed by atoms with Crippen LogP contribution in [0.15, 0.2) is 61.2 Å². The predicted octanol–water partition coefficient (Wildman–Crippen LogP) is 3.17. The van der Waals surface area contributed by atoms with Crippen LogP contribution < -0.4 is 10.1 Å². The maximum absolute atomic E-state index is 13.8. The van der Waals surface area contributed by atoms with Crippen molar-refractivity contribution in [2.75, 3.05) is 19.7 Å². The summed E-state index contributed by atoms with van der Waals surface area (Å²) in [5.74, 6) is -0.391. The molecule has 2 aromatic rings. The van der Waals surface area contributed by atoms with Crippen LogP contribution in [-0.4, -0.2) is 36.4 Å². The Hall–Kier alpha value is -3.15. The van der Waals surface area contributed by atoms with E-state index in [0.29, 0.717) is 23.5 Å². The van der Waals surface area contributed by atoms with E-state index in [2.05, 4.69) is 11.9 Å². The number of halogens is 1. The first-order valence-corrected chi connectivity index (χ1v) is 8.68. The Labute approximate surface area is 158 Å². The van der Waals surface area contributed by atoms with Gasteiger partial charge in [0.2, 0.25) is 5.91 Å². The van der Waals surface area contributed by atoms with Gasteiger partial charge in [0.1, 0.15) is 11.6 Å². The molecule has 6 heteroatoms. The monoisotopic (exact) mass is 370 g/mol. The van der Waals surface area contributed by atoms with Crippen LogP contribution in [0, 0.1) is 5.82 Å². The topological polar surface area (TPSA) is 58.6 Å². The van der Waals surface area contributed by atoms with Gasteiger partial charge >= 0.3 is 0 Å². The standard InChI is InChI=1S/C21H23FN2O3/c1-3-13-24(15-17-7-5-6-8-19(17)22)20(25)14-23-21(26)16-9-11-18(12-10-16)27-4-2/h3,5-12H,1,4,13-15H2,2H3,(H,23,26). The normalized spacial score (nSPS) is 10.1. The zero-order chi connectivity index (χ0) is 19.6. The highest BCUT2D eigenvalue weighted by Gasteiger charge is 2.16. The molecule has 0 bridgehead atoms. The van der Waals surface area contributed by atoms with Gasteiger partial charge in [-0.25, -0.2) is 4.39 Å². The summed E-state index contributed by atoms with van der Waals surface area (Å²) in [5, 5.41) is 2.59. The molecule has 0 saturated carbocycles. The van der Waals surface area contributed by atoms with Crippen LogP contribution in [0.4, 0.5) is 4.39 Å². The van der Waals surface area contributed by atoms with Crippen molar-refractivity contribution in [1.82, 2.24) is 10.2 Å². The van der Waals surface area contributed by atoms with Gasteiger partial charge in [0, 0.05) is 24.2 Å². The van der Waals surface area contributed by atoms with Gasteiger partial charge in [0.15, 0.2) is 0 Å². The maximum Gasteiger partial charge on any atom is 0.251 e. The molecule has 0 aliphatic carbocycles. The molecule has 142 valence electrons. The number of ether oxygens (including phenoxy) is 1. The van der Waals surface area contributed by atoms with Crippen LogP contribution in [0.25, 0.3) is 0 Å². The Morgan fingerprint density at radius 1 is 1.19 bits per heavy atom. The number of benzene rings is 2. The van der Waals surface area contributed by atoms with Gasteiger partial charge in [-0.15, -0.1) is 6.58 Å². The first kappa shape index (κ1) is 20.2. The number of hydrogen-bond donors (Lipinski definition) is 1. The minimum atomic E-state index is -0.377.